The summed E-state index contributed by atoms with van der Waals surface area (Å²) >= 11 is 0. The second kappa shape index (κ2) is 6.25. The number of aliphatic hydroxyl groups is 1. The molecule has 0 saturated carbocycles. The maximum Gasteiger partial charge on any atom is 0.165 e. The SMILES string of the molecule is CC1[C@@H](C)[C@H](C)C(COCc2ccccc2)O[C@]1(C)O. The maximum atomic E-state index is 10.3. The van der Waals surface area contributed by atoms with E-state index in [0.717, 1.165) is 5.56 Å². The summed E-state index contributed by atoms with van der Waals surface area (Å²) in [6.45, 7) is 9.25. The van der Waals surface area contributed by atoms with Gasteiger partial charge in [0.05, 0.1) is 19.3 Å². The van der Waals surface area contributed by atoms with Crippen LogP contribution in [0.2, 0.25) is 0 Å². The van der Waals surface area contributed by atoms with Gasteiger partial charge in [-0.1, -0.05) is 51.1 Å². The highest BCUT2D eigenvalue weighted by atomic mass is 16.6. The van der Waals surface area contributed by atoms with Gasteiger partial charge in [0.2, 0.25) is 0 Å². The number of ether oxygens (including phenoxy) is 2. The average Bonchev–Trinajstić information content (AvgIpc) is 2.43. The van der Waals surface area contributed by atoms with E-state index in [4.69, 9.17) is 9.47 Å². The predicted molar refractivity (Wildman–Crippen MR) is 79.1 cm³/mol. The highest BCUT2D eigenvalue weighted by molar-refractivity contribution is 5.13. The first-order valence-electron chi connectivity index (χ1n) is 7.43. The minimum Gasteiger partial charge on any atom is -0.374 e. The third-order valence-corrected chi connectivity index (χ3v) is 4.83. The second-order valence-corrected chi connectivity index (χ2v) is 6.22. The van der Waals surface area contributed by atoms with Crippen LogP contribution in [0.4, 0.5) is 0 Å². The van der Waals surface area contributed by atoms with Gasteiger partial charge in [-0.25, -0.2) is 0 Å². The predicted octanol–water partition coefficient (Wildman–Crippen LogP) is 3.22. The van der Waals surface area contributed by atoms with Gasteiger partial charge in [-0.2, -0.15) is 0 Å². The lowest BCUT2D eigenvalue weighted by Gasteiger charge is -2.47. The van der Waals surface area contributed by atoms with E-state index in [-0.39, 0.29) is 12.0 Å². The van der Waals surface area contributed by atoms with Gasteiger partial charge in [0.1, 0.15) is 0 Å². The van der Waals surface area contributed by atoms with Crippen molar-refractivity contribution in [2.75, 3.05) is 6.61 Å². The van der Waals surface area contributed by atoms with Crippen LogP contribution in [0, 0.1) is 17.8 Å². The zero-order valence-corrected chi connectivity index (χ0v) is 12.9. The third kappa shape index (κ3) is 3.40. The molecule has 0 aromatic heterocycles. The van der Waals surface area contributed by atoms with Crippen molar-refractivity contribution in [3.8, 4) is 0 Å². The number of benzene rings is 1. The molecule has 1 heterocycles. The lowest BCUT2D eigenvalue weighted by Crippen LogP contribution is -2.53. The van der Waals surface area contributed by atoms with Crippen molar-refractivity contribution < 1.29 is 14.6 Å². The molecule has 0 aliphatic carbocycles. The quantitative estimate of drug-likeness (QED) is 0.919. The first-order chi connectivity index (χ1) is 9.42. The van der Waals surface area contributed by atoms with Gasteiger partial charge in [0.15, 0.2) is 5.79 Å². The highest BCUT2D eigenvalue weighted by Gasteiger charge is 2.45. The average molecular weight is 278 g/mol. The van der Waals surface area contributed by atoms with Crippen LogP contribution >= 0.6 is 0 Å². The summed E-state index contributed by atoms with van der Waals surface area (Å²) in [4.78, 5) is 0. The van der Waals surface area contributed by atoms with Gasteiger partial charge in [-0.15, -0.1) is 0 Å². The van der Waals surface area contributed by atoms with Crippen LogP contribution in [0.1, 0.15) is 33.3 Å². The van der Waals surface area contributed by atoms with Crippen LogP contribution in [-0.2, 0) is 16.1 Å². The first kappa shape index (κ1) is 15.5. The molecule has 0 bridgehead atoms. The Morgan fingerprint density at radius 2 is 1.80 bits per heavy atom. The normalized spacial score (nSPS) is 37.9. The number of rotatable bonds is 4. The fourth-order valence-corrected chi connectivity index (χ4v) is 2.86. The Balaban J connectivity index is 1.89. The van der Waals surface area contributed by atoms with Crippen LogP contribution in [0.15, 0.2) is 30.3 Å². The second-order valence-electron chi connectivity index (χ2n) is 6.22. The monoisotopic (exact) mass is 278 g/mol. The van der Waals surface area contributed by atoms with Crippen LogP contribution in [0.25, 0.3) is 0 Å². The van der Waals surface area contributed by atoms with Gasteiger partial charge < -0.3 is 14.6 Å². The van der Waals surface area contributed by atoms with Crippen LogP contribution < -0.4 is 0 Å². The minimum absolute atomic E-state index is 0.0556. The highest BCUT2D eigenvalue weighted by Crippen LogP contribution is 2.39. The molecule has 2 unspecified atom stereocenters. The number of hydrogen-bond acceptors (Lipinski definition) is 3. The summed E-state index contributed by atoms with van der Waals surface area (Å²) in [5.74, 6) is -0.153. The molecule has 5 atom stereocenters. The summed E-state index contributed by atoms with van der Waals surface area (Å²) in [7, 11) is 0. The third-order valence-electron chi connectivity index (χ3n) is 4.83. The molecule has 1 aromatic carbocycles. The van der Waals surface area contributed by atoms with Crippen molar-refractivity contribution in [1.82, 2.24) is 0 Å². The number of hydrogen-bond donors (Lipinski definition) is 1. The van der Waals surface area contributed by atoms with E-state index in [1.54, 1.807) is 6.92 Å². The molecule has 0 spiro atoms. The van der Waals surface area contributed by atoms with E-state index in [1.165, 1.54) is 0 Å². The molecule has 1 saturated heterocycles. The van der Waals surface area contributed by atoms with E-state index < -0.39 is 5.79 Å². The molecule has 2 rings (SSSR count). The summed E-state index contributed by atoms with van der Waals surface area (Å²) < 4.78 is 11.6. The summed E-state index contributed by atoms with van der Waals surface area (Å²) in [5.41, 5.74) is 1.16. The van der Waals surface area contributed by atoms with Crippen LogP contribution in [-0.4, -0.2) is 23.6 Å². The Labute approximate surface area is 121 Å². The minimum atomic E-state index is -1.06. The molecule has 20 heavy (non-hydrogen) atoms. The smallest absolute Gasteiger partial charge is 0.165 e. The van der Waals surface area contributed by atoms with E-state index in [2.05, 4.69) is 13.8 Å². The molecule has 1 aliphatic rings. The fraction of sp³-hybridized carbons (Fsp3) is 0.647. The van der Waals surface area contributed by atoms with Gasteiger partial charge in [-0.05, 0) is 24.3 Å². The summed E-state index contributed by atoms with van der Waals surface area (Å²) in [6, 6.07) is 10.1. The molecule has 1 aliphatic heterocycles. The Morgan fingerprint density at radius 3 is 2.45 bits per heavy atom. The lowest BCUT2D eigenvalue weighted by molar-refractivity contribution is -0.303. The van der Waals surface area contributed by atoms with E-state index in [0.29, 0.717) is 25.0 Å². The molecule has 3 heteroatoms. The van der Waals surface area contributed by atoms with E-state index in [9.17, 15) is 5.11 Å². The largest absolute Gasteiger partial charge is 0.374 e. The molecule has 1 fully saturated rings. The molecule has 1 N–H and O–H groups in total. The molecule has 112 valence electrons. The Bertz CT molecular complexity index is 416. The molecular formula is C17H26O3. The molecule has 1 aromatic rings. The lowest BCUT2D eigenvalue weighted by atomic mass is 9.75. The van der Waals surface area contributed by atoms with Gasteiger partial charge in [-0.3, -0.25) is 0 Å². The Kier molecular flexibility index (Phi) is 4.84. The van der Waals surface area contributed by atoms with Crippen molar-refractivity contribution in [2.45, 2.75) is 46.2 Å². The van der Waals surface area contributed by atoms with Crippen molar-refractivity contribution in [3.05, 3.63) is 35.9 Å². The maximum absolute atomic E-state index is 10.3. The van der Waals surface area contributed by atoms with Crippen molar-refractivity contribution >= 4 is 0 Å². The molecule has 0 radical (unpaired) electrons. The molecular weight excluding hydrogens is 252 g/mol. The Hall–Kier alpha value is -0.900. The fourth-order valence-electron chi connectivity index (χ4n) is 2.86. The van der Waals surface area contributed by atoms with Gasteiger partial charge in [0, 0.05) is 5.92 Å². The summed E-state index contributed by atoms with van der Waals surface area (Å²) in [5, 5.41) is 10.3. The standard InChI is InChI=1S/C17H26O3/c1-12-13(2)16(20-17(4,18)14(12)3)11-19-10-15-8-6-5-7-9-15/h5-9,12-14,16,18H,10-11H2,1-4H3/t12-,13-,14?,16?,17-/m0/s1. The van der Waals surface area contributed by atoms with Crippen molar-refractivity contribution in [3.63, 3.8) is 0 Å². The van der Waals surface area contributed by atoms with Crippen molar-refractivity contribution in [2.24, 2.45) is 17.8 Å². The van der Waals surface area contributed by atoms with E-state index in [1.807, 2.05) is 37.3 Å². The van der Waals surface area contributed by atoms with Gasteiger partial charge in [0.25, 0.3) is 0 Å². The zero-order valence-electron chi connectivity index (χ0n) is 12.9. The first-order valence-corrected chi connectivity index (χ1v) is 7.43. The topological polar surface area (TPSA) is 38.7 Å². The Morgan fingerprint density at radius 1 is 1.15 bits per heavy atom. The van der Waals surface area contributed by atoms with Gasteiger partial charge >= 0.3 is 0 Å². The molecule has 3 nitrogen and oxygen atoms in total. The summed E-state index contributed by atoms with van der Waals surface area (Å²) in [6.07, 6.45) is -0.0556. The van der Waals surface area contributed by atoms with Crippen molar-refractivity contribution in [1.29, 1.82) is 0 Å². The molecule has 0 amide bonds. The van der Waals surface area contributed by atoms with E-state index >= 15 is 0 Å². The zero-order chi connectivity index (χ0) is 14.8. The van der Waals surface area contributed by atoms with Crippen LogP contribution in [0.3, 0.4) is 0 Å². The van der Waals surface area contributed by atoms with Crippen LogP contribution in [0.5, 0.6) is 0 Å².